The summed E-state index contributed by atoms with van der Waals surface area (Å²) >= 11 is 0. The van der Waals surface area contributed by atoms with Gasteiger partial charge >= 0.3 is 0 Å². The van der Waals surface area contributed by atoms with E-state index >= 15 is 0 Å². The van der Waals surface area contributed by atoms with Crippen molar-refractivity contribution in [3.05, 3.63) is 36.3 Å². The van der Waals surface area contributed by atoms with Crippen LogP contribution >= 0.6 is 0 Å². The van der Waals surface area contributed by atoms with E-state index in [0.717, 1.165) is 57.5 Å². The van der Waals surface area contributed by atoms with Crippen molar-refractivity contribution in [2.24, 2.45) is 0 Å². The number of hydrogen-bond acceptors (Lipinski definition) is 7. The van der Waals surface area contributed by atoms with E-state index in [-0.39, 0.29) is 0 Å². The highest BCUT2D eigenvalue weighted by Crippen LogP contribution is 2.14. The largest absolute Gasteiger partial charge is 0.358 e. The van der Waals surface area contributed by atoms with Crippen LogP contribution in [0.25, 0.3) is 0 Å². The van der Waals surface area contributed by atoms with Gasteiger partial charge in [0.25, 0.3) is 0 Å². The molecule has 7 nitrogen and oxygen atoms in total. The molecule has 0 spiro atoms. The van der Waals surface area contributed by atoms with Crippen LogP contribution in [-0.4, -0.2) is 71.4 Å². The highest BCUT2D eigenvalue weighted by Gasteiger charge is 2.19. The van der Waals surface area contributed by atoms with Crippen molar-refractivity contribution in [1.82, 2.24) is 25.1 Å². The minimum atomic E-state index is 0.735. The van der Waals surface area contributed by atoms with Crippen molar-refractivity contribution in [3.63, 3.8) is 0 Å². The van der Waals surface area contributed by atoms with Gasteiger partial charge in [0.2, 0.25) is 5.95 Å². The smallest absolute Gasteiger partial charge is 0.247 e. The summed E-state index contributed by atoms with van der Waals surface area (Å²) in [5.41, 5.74) is 1.27. The van der Waals surface area contributed by atoms with E-state index in [1.165, 1.54) is 5.56 Å². The van der Waals surface area contributed by atoms with Crippen molar-refractivity contribution in [2.75, 3.05) is 56.1 Å². The number of nitrogens with zero attached hydrogens (tertiary/aromatic N) is 7. The maximum absolute atomic E-state index is 4.71. The van der Waals surface area contributed by atoms with Crippen molar-refractivity contribution in [3.8, 4) is 0 Å². The molecule has 0 saturated carbocycles. The first-order valence-corrected chi connectivity index (χ1v) is 8.53. The Labute approximate surface area is 143 Å². The summed E-state index contributed by atoms with van der Waals surface area (Å²) in [4.78, 5) is 15.5. The van der Waals surface area contributed by atoms with E-state index in [2.05, 4.69) is 36.8 Å². The Morgan fingerprint density at radius 2 is 1.88 bits per heavy atom. The molecule has 0 amide bonds. The van der Waals surface area contributed by atoms with Crippen LogP contribution in [0.5, 0.6) is 0 Å². The van der Waals surface area contributed by atoms with E-state index < -0.39 is 0 Å². The standard InChI is InChI=1S/C17H25N7/c1-3-23-10-12-24(13-11-23)17-20-16(14-19-21-17)22(2)9-6-15-4-7-18-8-5-15/h4-5,7-8,14H,3,6,9-13H2,1-2H3. The van der Waals surface area contributed by atoms with E-state index in [0.29, 0.717) is 0 Å². The summed E-state index contributed by atoms with van der Waals surface area (Å²) in [5, 5.41) is 8.38. The van der Waals surface area contributed by atoms with Crippen LogP contribution in [0, 0.1) is 0 Å². The summed E-state index contributed by atoms with van der Waals surface area (Å²) in [6.07, 6.45) is 6.34. The van der Waals surface area contributed by atoms with E-state index in [1.807, 2.05) is 31.6 Å². The first-order chi connectivity index (χ1) is 11.8. The maximum Gasteiger partial charge on any atom is 0.247 e. The first-order valence-electron chi connectivity index (χ1n) is 8.53. The molecule has 128 valence electrons. The van der Waals surface area contributed by atoms with Gasteiger partial charge in [-0.25, -0.2) is 0 Å². The summed E-state index contributed by atoms with van der Waals surface area (Å²) in [7, 11) is 2.05. The minimum absolute atomic E-state index is 0.735. The van der Waals surface area contributed by atoms with Gasteiger partial charge in [0.15, 0.2) is 5.82 Å². The third kappa shape index (κ3) is 4.17. The van der Waals surface area contributed by atoms with Gasteiger partial charge in [-0.15, -0.1) is 5.10 Å². The number of aromatic nitrogens is 4. The molecule has 1 aliphatic rings. The Bertz CT molecular complexity index is 626. The molecule has 2 aromatic heterocycles. The molecule has 0 aromatic carbocycles. The van der Waals surface area contributed by atoms with Crippen LogP contribution in [0.15, 0.2) is 30.7 Å². The molecular weight excluding hydrogens is 302 g/mol. The summed E-state index contributed by atoms with van der Waals surface area (Å²) in [5.74, 6) is 1.60. The van der Waals surface area contributed by atoms with Crippen molar-refractivity contribution in [1.29, 1.82) is 0 Å². The third-order valence-electron chi connectivity index (χ3n) is 4.51. The van der Waals surface area contributed by atoms with Crippen LogP contribution in [0.2, 0.25) is 0 Å². The number of hydrogen-bond donors (Lipinski definition) is 0. The highest BCUT2D eigenvalue weighted by atomic mass is 15.4. The lowest BCUT2D eigenvalue weighted by atomic mass is 10.2. The maximum atomic E-state index is 4.71. The lowest BCUT2D eigenvalue weighted by molar-refractivity contribution is 0.269. The van der Waals surface area contributed by atoms with Gasteiger partial charge in [-0.3, -0.25) is 4.98 Å². The average Bonchev–Trinajstić information content (AvgIpc) is 2.67. The lowest BCUT2D eigenvalue weighted by Gasteiger charge is -2.34. The third-order valence-corrected chi connectivity index (χ3v) is 4.51. The summed E-state index contributed by atoms with van der Waals surface area (Å²) < 4.78 is 0. The summed E-state index contributed by atoms with van der Waals surface area (Å²) in [6, 6.07) is 4.09. The highest BCUT2D eigenvalue weighted by molar-refractivity contribution is 5.41. The van der Waals surface area contributed by atoms with Crippen LogP contribution < -0.4 is 9.80 Å². The van der Waals surface area contributed by atoms with Gasteiger partial charge < -0.3 is 14.7 Å². The SMILES string of the molecule is CCN1CCN(c2nncc(N(C)CCc3ccncc3)n2)CC1. The number of piperazine rings is 1. The second-order valence-electron chi connectivity index (χ2n) is 6.06. The molecule has 24 heavy (non-hydrogen) atoms. The Hall–Kier alpha value is -2.28. The Morgan fingerprint density at radius 3 is 2.58 bits per heavy atom. The van der Waals surface area contributed by atoms with Crippen LogP contribution in [0.3, 0.4) is 0 Å². The van der Waals surface area contributed by atoms with E-state index in [4.69, 9.17) is 4.98 Å². The zero-order valence-corrected chi connectivity index (χ0v) is 14.5. The van der Waals surface area contributed by atoms with Gasteiger partial charge in [-0.1, -0.05) is 6.92 Å². The summed E-state index contributed by atoms with van der Waals surface area (Å²) in [6.45, 7) is 8.21. The monoisotopic (exact) mass is 327 g/mol. The second-order valence-corrected chi connectivity index (χ2v) is 6.06. The predicted molar refractivity (Wildman–Crippen MR) is 95.4 cm³/mol. The number of likely N-dealkylation sites (N-methyl/N-ethyl adjacent to an activating group) is 2. The Kier molecular flexibility index (Phi) is 5.53. The molecule has 1 fully saturated rings. The quantitative estimate of drug-likeness (QED) is 0.787. The van der Waals surface area contributed by atoms with Crippen LogP contribution in [-0.2, 0) is 6.42 Å². The van der Waals surface area contributed by atoms with E-state index in [9.17, 15) is 0 Å². The number of anilines is 2. The molecule has 3 heterocycles. The van der Waals surface area contributed by atoms with E-state index in [1.54, 1.807) is 6.20 Å². The van der Waals surface area contributed by atoms with Gasteiger partial charge in [0.05, 0.1) is 6.20 Å². The topological polar surface area (TPSA) is 61.3 Å². The van der Waals surface area contributed by atoms with Crippen molar-refractivity contribution < 1.29 is 0 Å². The molecule has 0 bridgehead atoms. The van der Waals surface area contributed by atoms with Crippen molar-refractivity contribution >= 4 is 11.8 Å². The Balaban J connectivity index is 1.60. The predicted octanol–water partition coefficient (Wildman–Crippen LogP) is 1.09. The molecule has 0 aliphatic carbocycles. The molecule has 2 aromatic rings. The normalized spacial score (nSPS) is 15.5. The minimum Gasteiger partial charge on any atom is -0.358 e. The van der Waals surface area contributed by atoms with Gasteiger partial charge in [0, 0.05) is 52.2 Å². The van der Waals surface area contributed by atoms with Gasteiger partial charge in [-0.05, 0) is 30.7 Å². The lowest BCUT2D eigenvalue weighted by Crippen LogP contribution is -2.46. The molecule has 1 saturated heterocycles. The van der Waals surface area contributed by atoms with Crippen LogP contribution in [0.4, 0.5) is 11.8 Å². The molecular formula is C17H25N7. The molecule has 1 aliphatic heterocycles. The molecule has 0 radical (unpaired) electrons. The second kappa shape index (κ2) is 8.01. The fourth-order valence-electron chi connectivity index (χ4n) is 2.83. The fraction of sp³-hybridized carbons (Fsp3) is 0.529. The zero-order valence-electron chi connectivity index (χ0n) is 14.5. The Morgan fingerprint density at radius 1 is 1.12 bits per heavy atom. The molecule has 7 heteroatoms. The fourth-order valence-corrected chi connectivity index (χ4v) is 2.83. The van der Waals surface area contributed by atoms with Crippen molar-refractivity contribution in [2.45, 2.75) is 13.3 Å². The molecule has 0 N–H and O–H groups in total. The van der Waals surface area contributed by atoms with Gasteiger partial charge in [-0.2, -0.15) is 10.1 Å². The number of rotatable bonds is 6. The van der Waals surface area contributed by atoms with Crippen LogP contribution in [0.1, 0.15) is 12.5 Å². The molecule has 0 unspecified atom stereocenters. The molecule has 0 atom stereocenters. The average molecular weight is 327 g/mol. The number of pyridine rings is 1. The zero-order chi connectivity index (χ0) is 16.8. The first kappa shape index (κ1) is 16.6. The molecule has 3 rings (SSSR count). The van der Waals surface area contributed by atoms with Gasteiger partial charge in [0.1, 0.15) is 0 Å².